The molecule has 7 heteroatoms. The average molecular weight is 374 g/mol. The first kappa shape index (κ1) is 17.4. The van der Waals surface area contributed by atoms with Crippen molar-refractivity contribution in [3.63, 3.8) is 0 Å². The van der Waals surface area contributed by atoms with E-state index in [1.54, 1.807) is 19.1 Å². The third-order valence-corrected chi connectivity index (χ3v) is 4.65. The lowest BCUT2D eigenvalue weighted by atomic mass is 10.2. The van der Waals surface area contributed by atoms with Crippen LogP contribution >= 0.6 is 22.9 Å². The topological polar surface area (TPSA) is 64.1 Å². The van der Waals surface area contributed by atoms with Crippen LogP contribution < -0.4 is 10.1 Å². The number of hydrogen-bond donors (Lipinski definition) is 1. The number of aryl methyl sites for hydroxylation is 1. The lowest BCUT2D eigenvalue weighted by molar-refractivity contribution is -0.122. The number of nitrogens with zero attached hydrogens (tertiary/aromatic N) is 2. The highest BCUT2D eigenvalue weighted by Gasteiger charge is 2.18. The second kappa shape index (κ2) is 7.63. The second-order valence-electron chi connectivity index (χ2n) is 5.43. The maximum absolute atomic E-state index is 12.3. The van der Waals surface area contributed by atoms with Crippen LogP contribution in [0.5, 0.6) is 5.75 Å². The zero-order valence-corrected chi connectivity index (χ0v) is 15.3. The molecule has 2 aromatic carbocycles. The van der Waals surface area contributed by atoms with E-state index in [-0.39, 0.29) is 5.91 Å². The minimum atomic E-state index is -0.649. The number of carbonyl (C=O) groups excluding carboxylic acids is 1. The van der Waals surface area contributed by atoms with Crippen molar-refractivity contribution in [1.82, 2.24) is 10.2 Å². The Morgan fingerprint density at radius 1 is 1.16 bits per heavy atom. The van der Waals surface area contributed by atoms with Crippen LogP contribution in [0.3, 0.4) is 0 Å². The molecule has 1 atom stereocenters. The monoisotopic (exact) mass is 373 g/mol. The fourth-order valence-electron chi connectivity index (χ4n) is 2.12. The van der Waals surface area contributed by atoms with Gasteiger partial charge < -0.3 is 4.74 Å². The van der Waals surface area contributed by atoms with Gasteiger partial charge in [0.15, 0.2) is 6.10 Å². The van der Waals surface area contributed by atoms with Crippen LogP contribution in [0.25, 0.3) is 10.6 Å². The van der Waals surface area contributed by atoms with Gasteiger partial charge in [-0.05, 0) is 37.6 Å². The largest absolute Gasteiger partial charge is 0.481 e. The summed E-state index contributed by atoms with van der Waals surface area (Å²) in [6.45, 7) is 3.63. The molecule has 0 spiro atoms. The van der Waals surface area contributed by atoms with E-state index in [0.29, 0.717) is 20.9 Å². The summed E-state index contributed by atoms with van der Waals surface area (Å²) in [6, 6.07) is 14.9. The van der Waals surface area contributed by atoms with Crippen LogP contribution in [0.15, 0.2) is 48.5 Å². The summed E-state index contributed by atoms with van der Waals surface area (Å²) in [4.78, 5) is 12.3. The average Bonchev–Trinajstić information content (AvgIpc) is 3.06. The van der Waals surface area contributed by atoms with Crippen molar-refractivity contribution in [3.05, 3.63) is 59.1 Å². The molecular formula is C18H16ClN3O2S. The van der Waals surface area contributed by atoms with Gasteiger partial charge in [-0.1, -0.05) is 53.3 Å². The molecule has 0 radical (unpaired) electrons. The van der Waals surface area contributed by atoms with E-state index < -0.39 is 6.10 Å². The van der Waals surface area contributed by atoms with Gasteiger partial charge in [0.1, 0.15) is 10.8 Å². The van der Waals surface area contributed by atoms with E-state index in [4.69, 9.17) is 16.3 Å². The van der Waals surface area contributed by atoms with Crippen molar-refractivity contribution in [2.75, 3.05) is 5.32 Å². The van der Waals surface area contributed by atoms with E-state index in [9.17, 15) is 4.79 Å². The Bertz CT molecular complexity index is 880. The molecule has 128 valence electrons. The number of aromatic nitrogens is 2. The fraction of sp³-hybridized carbons (Fsp3) is 0.167. The molecule has 0 aliphatic carbocycles. The molecule has 0 bridgehead atoms. The summed E-state index contributed by atoms with van der Waals surface area (Å²) in [7, 11) is 0. The molecule has 3 aromatic rings. The zero-order valence-electron chi connectivity index (χ0n) is 13.7. The van der Waals surface area contributed by atoms with Gasteiger partial charge in [0.25, 0.3) is 5.91 Å². The minimum absolute atomic E-state index is 0.276. The fourth-order valence-corrected chi connectivity index (χ4v) is 3.00. The van der Waals surface area contributed by atoms with Gasteiger partial charge in [0, 0.05) is 10.6 Å². The Kier molecular flexibility index (Phi) is 5.31. The number of ether oxygens (including phenoxy) is 1. The van der Waals surface area contributed by atoms with Gasteiger partial charge in [0.2, 0.25) is 5.13 Å². The highest BCUT2D eigenvalue weighted by molar-refractivity contribution is 7.18. The van der Waals surface area contributed by atoms with Crippen molar-refractivity contribution in [2.45, 2.75) is 20.0 Å². The first-order chi connectivity index (χ1) is 12.0. The molecule has 0 saturated heterocycles. The van der Waals surface area contributed by atoms with Crippen molar-refractivity contribution in [2.24, 2.45) is 0 Å². The number of amides is 1. The highest BCUT2D eigenvalue weighted by atomic mass is 35.5. The van der Waals surface area contributed by atoms with Crippen LogP contribution in [-0.4, -0.2) is 22.2 Å². The van der Waals surface area contributed by atoms with Gasteiger partial charge in [-0.2, -0.15) is 0 Å². The van der Waals surface area contributed by atoms with E-state index in [2.05, 4.69) is 15.5 Å². The number of rotatable bonds is 5. The summed E-state index contributed by atoms with van der Waals surface area (Å²) in [5, 5.41) is 12.6. The molecule has 3 rings (SSSR count). The summed E-state index contributed by atoms with van der Waals surface area (Å²) in [5.74, 6) is 0.409. The quantitative estimate of drug-likeness (QED) is 0.711. The van der Waals surface area contributed by atoms with Crippen molar-refractivity contribution in [3.8, 4) is 16.3 Å². The Labute approximate surface area is 154 Å². The Balaban J connectivity index is 1.65. The number of carbonyl (C=O) groups is 1. The molecule has 1 aromatic heterocycles. The first-order valence-electron chi connectivity index (χ1n) is 7.65. The Morgan fingerprint density at radius 2 is 1.88 bits per heavy atom. The molecule has 0 unspecified atom stereocenters. The lowest BCUT2D eigenvalue weighted by Crippen LogP contribution is -2.30. The second-order valence-corrected chi connectivity index (χ2v) is 6.85. The number of halogens is 1. The molecule has 1 heterocycles. The van der Waals surface area contributed by atoms with E-state index in [0.717, 1.165) is 11.1 Å². The maximum atomic E-state index is 12.3. The van der Waals surface area contributed by atoms with Crippen molar-refractivity contribution in [1.29, 1.82) is 0 Å². The molecule has 25 heavy (non-hydrogen) atoms. The molecule has 1 amide bonds. The van der Waals surface area contributed by atoms with Crippen molar-refractivity contribution >= 4 is 34.0 Å². The van der Waals surface area contributed by atoms with Crippen LogP contribution in [0.2, 0.25) is 5.02 Å². The molecule has 0 aliphatic heterocycles. The van der Waals surface area contributed by atoms with E-state index >= 15 is 0 Å². The molecule has 1 N–H and O–H groups in total. The molecule has 0 saturated carbocycles. The summed E-state index contributed by atoms with van der Waals surface area (Å²) < 4.78 is 5.71. The zero-order chi connectivity index (χ0) is 17.8. The first-order valence-corrected chi connectivity index (χ1v) is 8.85. The Morgan fingerprint density at radius 3 is 2.60 bits per heavy atom. The van der Waals surface area contributed by atoms with Crippen LogP contribution in [0.4, 0.5) is 5.13 Å². The normalized spacial score (nSPS) is 11.8. The van der Waals surface area contributed by atoms with Crippen LogP contribution in [0, 0.1) is 6.92 Å². The lowest BCUT2D eigenvalue weighted by Gasteiger charge is -2.15. The van der Waals surface area contributed by atoms with Crippen LogP contribution in [-0.2, 0) is 4.79 Å². The predicted molar refractivity (Wildman–Crippen MR) is 100 cm³/mol. The Hall–Kier alpha value is -2.44. The number of para-hydroxylation sites is 1. The van der Waals surface area contributed by atoms with Gasteiger partial charge in [-0.3, -0.25) is 10.1 Å². The maximum Gasteiger partial charge on any atom is 0.266 e. The third kappa shape index (κ3) is 4.35. The third-order valence-electron chi connectivity index (χ3n) is 3.51. The summed E-state index contributed by atoms with van der Waals surface area (Å²) in [5.41, 5.74) is 1.87. The van der Waals surface area contributed by atoms with Crippen LogP contribution in [0.1, 0.15) is 12.5 Å². The molecule has 0 aliphatic rings. The van der Waals surface area contributed by atoms with Gasteiger partial charge in [0.05, 0.1) is 0 Å². The molecular weight excluding hydrogens is 358 g/mol. The number of nitrogens with one attached hydrogen (secondary N) is 1. The standard InChI is InChI=1S/C18H16ClN3O2S/c1-11-5-3-4-6-15(11)24-12(2)16(23)20-18-22-21-17(25-18)13-7-9-14(19)10-8-13/h3-10,12H,1-2H3,(H,20,22,23)/t12-/m1/s1. The van der Waals surface area contributed by atoms with Crippen molar-refractivity contribution < 1.29 is 9.53 Å². The van der Waals surface area contributed by atoms with E-state index in [1.165, 1.54) is 11.3 Å². The number of hydrogen-bond acceptors (Lipinski definition) is 5. The molecule has 5 nitrogen and oxygen atoms in total. The number of benzene rings is 2. The SMILES string of the molecule is Cc1ccccc1O[C@H](C)C(=O)Nc1nnc(-c2ccc(Cl)cc2)s1. The number of anilines is 1. The minimum Gasteiger partial charge on any atom is -0.481 e. The van der Waals surface area contributed by atoms with E-state index in [1.807, 2.05) is 43.3 Å². The summed E-state index contributed by atoms with van der Waals surface area (Å²) >= 11 is 7.18. The molecule has 0 fully saturated rings. The van der Waals surface area contributed by atoms with Gasteiger partial charge in [-0.15, -0.1) is 10.2 Å². The predicted octanol–water partition coefficient (Wildman–Crippen LogP) is 4.57. The summed E-state index contributed by atoms with van der Waals surface area (Å²) in [6.07, 6.45) is -0.649. The van der Waals surface area contributed by atoms with Gasteiger partial charge in [-0.25, -0.2) is 0 Å². The highest BCUT2D eigenvalue weighted by Crippen LogP contribution is 2.27. The van der Waals surface area contributed by atoms with Gasteiger partial charge >= 0.3 is 0 Å². The smallest absolute Gasteiger partial charge is 0.266 e.